The molecule has 0 amide bonds. The number of imidazole rings is 1. The summed E-state index contributed by atoms with van der Waals surface area (Å²) in [4.78, 5) is 11.4. The first-order valence-corrected chi connectivity index (χ1v) is 5.23. The zero-order valence-corrected chi connectivity index (χ0v) is 8.75. The van der Waals surface area contributed by atoms with E-state index in [1.54, 1.807) is 9.13 Å². The molecule has 1 rings (SSSR count). The van der Waals surface area contributed by atoms with Crippen LogP contribution in [0.4, 0.5) is 0 Å². The van der Waals surface area contributed by atoms with Crippen LogP contribution >= 0.6 is 15.9 Å². The van der Waals surface area contributed by atoms with Crippen LogP contribution in [0.2, 0.25) is 0 Å². The molecule has 0 saturated heterocycles. The number of hydrogen-bond donors (Lipinski definition) is 0. The lowest BCUT2D eigenvalue weighted by atomic mass is 10.5. The Kier molecular flexibility index (Phi) is 3.59. The number of aromatic nitrogens is 2. The Bertz CT molecular complexity index is 289. The fourth-order valence-electron chi connectivity index (χ4n) is 1.09. The predicted octanol–water partition coefficient (Wildman–Crippen LogP) is 1.45. The number of alkyl halides is 1. The smallest absolute Gasteiger partial charge is 0.300 e. The zero-order valence-electron chi connectivity index (χ0n) is 7.16. The molecule has 1 heterocycles. The van der Waals surface area contributed by atoms with Gasteiger partial charge >= 0.3 is 5.69 Å². The molecule has 0 aromatic carbocycles. The van der Waals surface area contributed by atoms with Gasteiger partial charge in [0.2, 0.25) is 0 Å². The molecule has 0 aliphatic carbocycles. The first kappa shape index (κ1) is 9.58. The molecule has 1 aromatic rings. The lowest BCUT2D eigenvalue weighted by molar-refractivity contribution is 0.621. The summed E-state index contributed by atoms with van der Waals surface area (Å²) in [6.07, 6.45) is 4.67. The van der Waals surface area contributed by atoms with Crippen LogP contribution in [0.5, 0.6) is 0 Å². The molecule has 0 unspecified atom stereocenters. The largest absolute Gasteiger partial charge is 0.328 e. The molecule has 0 aliphatic heterocycles. The second-order valence-corrected chi connectivity index (χ2v) is 3.40. The van der Waals surface area contributed by atoms with Gasteiger partial charge in [-0.05, 0) is 13.3 Å². The molecule has 1 aromatic heterocycles. The van der Waals surface area contributed by atoms with Crippen molar-refractivity contribution in [3.8, 4) is 0 Å². The van der Waals surface area contributed by atoms with Gasteiger partial charge in [0, 0.05) is 30.8 Å². The Morgan fingerprint density at radius 1 is 1.42 bits per heavy atom. The molecule has 68 valence electrons. The molecule has 0 radical (unpaired) electrons. The van der Waals surface area contributed by atoms with E-state index < -0.39 is 0 Å². The van der Waals surface area contributed by atoms with Crippen molar-refractivity contribution in [2.24, 2.45) is 0 Å². The molecule has 3 nitrogen and oxygen atoms in total. The van der Waals surface area contributed by atoms with Gasteiger partial charge < -0.3 is 0 Å². The number of hydrogen-bond acceptors (Lipinski definition) is 1. The topological polar surface area (TPSA) is 26.9 Å². The normalized spacial score (nSPS) is 10.5. The predicted molar refractivity (Wildman–Crippen MR) is 52.8 cm³/mol. The van der Waals surface area contributed by atoms with Crippen molar-refractivity contribution in [3.63, 3.8) is 0 Å². The second kappa shape index (κ2) is 4.50. The average molecular weight is 233 g/mol. The minimum Gasteiger partial charge on any atom is -0.300 e. The second-order valence-electron chi connectivity index (χ2n) is 2.60. The first-order chi connectivity index (χ1) is 5.79. The standard InChI is InChI=1S/C8H13BrN2O/c1-2-10-6-7-11(8(10)12)5-3-4-9/h6-7H,2-5H2,1H3. The maximum atomic E-state index is 11.4. The van der Waals surface area contributed by atoms with E-state index in [9.17, 15) is 4.79 Å². The third kappa shape index (κ3) is 2.00. The molecule has 4 heteroatoms. The van der Waals surface area contributed by atoms with Gasteiger partial charge in [-0.1, -0.05) is 15.9 Å². The summed E-state index contributed by atoms with van der Waals surface area (Å²) in [6, 6.07) is 0. The minimum absolute atomic E-state index is 0.0958. The van der Waals surface area contributed by atoms with E-state index in [2.05, 4.69) is 15.9 Å². The van der Waals surface area contributed by atoms with Crippen molar-refractivity contribution >= 4 is 15.9 Å². The summed E-state index contributed by atoms with van der Waals surface area (Å²) < 4.78 is 3.44. The number of rotatable bonds is 4. The summed E-state index contributed by atoms with van der Waals surface area (Å²) in [6.45, 7) is 3.52. The van der Waals surface area contributed by atoms with Gasteiger partial charge in [0.25, 0.3) is 0 Å². The fraction of sp³-hybridized carbons (Fsp3) is 0.625. The number of nitrogens with zero attached hydrogens (tertiary/aromatic N) is 2. The molecular weight excluding hydrogens is 220 g/mol. The van der Waals surface area contributed by atoms with Crippen molar-refractivity contribution in [3.05, 3.63) is 22.9 Å². The van der Waals surface area contributed by atoms with Crippen LogP contribution in [0.1, 0.15) is 13.3 Å². The summed E-state index contributed by atoms with van der Waals surface area (Å²) in [5, 5.41) is 0.941. The van der Waals surface area contributed by atoms with Crippen molar-refractivity contribution in [2.75, 3.05) is 5.33 Å². The molecule has 0 bridgehead atoms. The molecule has 0 aliphatic rings. The summed E-state index contributed by atoms with van der Waals surface area (Å²) in [5.74, 6) is 0. The van der Waals surface area contributed by atoms with Crippen molar-refractivity contribution in [2.45, 2.75) is 26.4 Å². The minimum atomic E-state index is 0.0958. The Morgan fingerprint density at radius 2 is 2.08 bits per heavy atom. The molecule has 0 atom stereocenters. The third-order valence-electron chi connectivity index (χ3n) is 1.79. The molecule has 0 spiro atoms. The Morgan fingerprint density at radius 3 is 2.58 bits per heavy atom. The van der Waals surface area contributed by atoms with Gasteiger partial charge in [-0.15, -0.1) is 0 Å². The first-order valence-electron chi connectivity index (χ1n) is 4.11. The lowest BCUT2D eigenvalue weighted by Crippen LogP contribution is -2.23. The Balaban J connectivity index is 2.73. The zero-order chi connectivity index (χ0) is 8.97. The average Bonchev–Trinajstić information content (AvgIpc) is 2.43. The molecule has 0 saturated carbocycles. The highest BCUT2D eigenvalue weighted by molar-refractivity contribution is 9.09. The van der Waals surface area contributed by atoms with Crippen molar-refractivity contribution in [1.82, 2.24) is 9.13 Å². The van der Waals surface area contributed by atoms with Crippen molar-refractivity contribution < 1.29 is 0 Å². The van der Waals surface area contributed by atoms with Crippen LogP contribution in [-0.4, -0.2) is 14.5 Å². The number of aryl methyl sites for hydroxylation is 2. The molecular formula is C8H13BrN2O. The maximum absolute atomic E-state index is 11.4. The van der Waals surface area contributed by atoms with E-state index >= 15 is 0 Å². The van der Waals surface area contributed by atoms with Crippen LogP contribution in [0, 0.1) is 0 Å². The number of halogens is 1. The quantitative estimate of drug-likeness (QED) is 0.723. The van der Waals surface area contributed by atoms with E-state index in [4.69, 9.17) is 0 Å². The van der Waals surface area contributed by atoms with Crippen LogP contribution in [0.3, 0.4) is 0 Å². The third-order valence-corrected chi connectivity index (χ3v) is 2.35. The van der Waals surface area contributed by atoms with E-state index in [1.807, 2.05) is 19.3 Å². The highest BCUT2D eigenvalue weighted by Gasteiger charge is 1.99. The van der Waals surface area contributed by atoms with Gasteiger partial charge in [-0.2, -0.15) is 0 Å². The summed E-state index contributed by atoms with van der Waals surface area (Å²) >= 11 is 3.33. The Hall–Kier alpha value is -0.510. The maximum Gasteiger partial charge on any atom is 0.328 e. The highest BCUT2D eigenvalue weighted by atomic mass is 79.9. The van der Waals surface area contributed by atoms with Crippen molar-refractivity contribution in [1.29, 1.82) is 0 Å². The summed E-state index contributed by atoms with van der Waals surface area (Å²) in [7, 11) is 0. The fourth-order valence-corrected chi connectivity index (χ4v) is 1.35. The Labute approximate surface area is 80.1 Å². The van der Waals surface area contributed by atoms with Gasteiger partial charge in [-0.25, -0.2) is 4.79 Å². The SMILES string of the molecule is CCn1ccn(CCCBr)c1=O. The monoisotopic (exact) mass is 232 g/mol. The van der Waals surface area contributed by atoms with Gasteiger partial charge in [-0.3, -0.25) is 9.13 Å². The van der Waals surface area contributed by atoms with E-state index in [0.29, 0.717) is 0 Å². The summed E-state index contributed by atoms with van der Waals surface area (Å²) in [5.41, 5.74) is 0.0958. The van der Waals surface area contributed by atoms with E-state index in [1.165, 1.54) is 0 Å². The lowest BCUT2D eigenvalue weighted by Gasteiger charge is -1.97. The van der Waals surface area contributed by atoms with Gasteiger partial charge in [0.05, 0.1) is 0 Å². The van der Waals surface area contributed by atoms with Crippen LogP contribution in [-0.2, 0) is 13.1 Å². The van der Waals surface area contributed by atoms with Crippen LogP contribution in [0.15, 0.2) is 17.2 Å². The van der Waals surface area contributed by atoms with E-state index in [-0.39, 0.29) is 5.69 Å². The highest BCUT2D eigenvalue weighted by Crippen LogP contribution is 1.92. The van der Waals surface area contributed by atoms with Crippen LogP contribution in [0.25, 0.3) is 0 Å². The van der Waals surface area contributed by atoms with Gasteiger partial charge in [0.1, 0.15) is 0 Å². The van der Waals surface area contributed by atoms with Crippen LogP contribution < -0.4 is 5.69 Å². The van der Waals surface area contributed by atoms with E-state index in [0.717, 1.165) is 24.8 Å². The molecule has 12 heavy (non-hydrogen) atoms. The molecule has 0 N–H and O–H groups in total. The van der Waals surface area contributed by atoms with Gasteiger partial charge in [0.15, 0.2) is 0 Å². The molecule has 0 fully saturated rings.